The lowest BCUT2D eigenvalue weighted by molar-refractivity contribution is 0.0262. The van der Waals surface area contributed by atoms with Gasteiger partial charge in [0, 0.05) is 19.0 Å². The zero-order valence-electron chi connectivity index (χ0n) is 13.9. The van der Waals surface area contributed by atoms with E-state index in [1.54, 1.807) is 4.90 Å². The Morgan fingerprint density at radius 1 is 1.30 bits per heavy atom. The molecule has 0 aromatic carbocycles. The maximum absolute atomic E-state index is 12.0. The van der Waals surface area contributed by atoms with Crippen molar-refractivity contribution in [2.75, 3.05) is 13.1 Å². The molecule has 1 aliphatic rings. The molecular weight excluding hydrogens is 254 g/mol. The largest absolute Gasteiger partial charge is 0.444 e. The Hall–Kier alpha value is -0.770. The van der Waals surface area contributed by atoms with Crippen LogP contribution in [-0.4, -0.2) is 40.9 Å². The summed E-state index contributed by atoms with van der Waals surface area (Å²) < 4.78 is 5.37. The Kier molecular flexibility index (Phi) is 5.47. The number of hydrogen-bond acceptors (Lipinski definition) is 3. The van der Waals surface area contributed by atoms with Crippen molar-refractivity contribution in [1.29, 1.82) is 0 Å². The van der Waals surface area contributed by atoms with Crippen LogP contribution in [0.1, 0.15) is 60.8 Å². The third-order valence-electron chi connectivity index (χ3n) is 3.61. The molecule has 0 radical (unpaired) electrons. The summed E-state index contributed by atoms with van der Waals surface area (Å²) in [6.45, 7) is 13.5. The van der Waals surface area contributed by atoms with Gasteiger partial charge in [-0.25, -0.2) is 4.79 Å². The maximum Gasteiger partial charge on any atom is 0.410 e. The minimum atomic E-state index is -0.458. The minimum absolute atomic E-state index is 0.185. The highest BCUT2D eigenvalue weighted by molar-refractivity contribution is 5.68. The Balaban J connectivity index is 2.41. The fourth-order valence-corrected chi connectivity index (χ4v) is 2.41. The number of carbonyl (C=O) groups is 1. The van der Waals surface area contributed by atoms with Crippen molar-refractivity contribution in [2.45, 2.75) is 72.5 Å². The third kappa shape index (κ3) is 6.12. The van der Waals surface area contributed by atoms with E-state index in [2.05, 4.69) is 20.8 Å². The summed E-state index contributed by atoms with van der Waals surface area (Å²) in [5.41, 5.74) is -0.218. The number of carbonyl (C=O) groups excluding carboxylic acids is 1. The predicted octanol–water partition coefficient (Wildman–Crippen LogP) is 3.43. The van der Waals surface area contributed by atoms with Crippen LogP contribution in [0.15, 0.2) is 0 Å². The Morgan fingerprint density at radius 2 is 1.90 bits per heavy atom. The quantitative estimate of drug-likeness (QED) is 0.864. The lowest BCUT2D eigenvalue weighted by atomic mass is 9.86. The molecule has 2 atom stereocenters. The van der Waals surface area contributed by atoms with Gasteiger partial charge in [-0.2, -0.15) is 0 Å². The fraction of sp³-hybridized carbons (Fsp3) is 0.938. The first-order valence-corrected chi connectivity index (χ1v) is 7.64. The van der Waals surface area contributed by atoms with Crippen molar-refractivity contribution < 1.29 is 14.6 Å². The van der Waals surface area contributed by atoms with Gasteiger partial charge in [0.2, 0.25) is 0 Å². The summed E-state index contributed by atoms with van der Waals surface area (Å²) in [5.74, 6) is 0.185. The van der Waals surface area contributed by atoms with E-state index in [0.29, 0.717) is 13.1 Å². The van der Waals surface area contributed by atoms with Crippen LogP contribution >= 0.6 is 0 Å². The molecule has 0 bridgehead atoms. The Labute approximate surface area is 123 Å². The highest BCUT2D eigenvalue weighted by Crippen LogP contribution is 2.28. The standard InChI is InChI=1S/C16H31NO3/c1-15(2,3)9-7-13(18)12-8-10-17(11-12)14(19)20-16(4,5)6/h12-13,18H,7-11H2,1-6H3. The van der Waals surface area contributed by atoms with Crippen molar-refractivity contribution in [3.05, 3.63) is 0 Å². The molecule has 0 saturated carbocycles. The van der Waals surface area contributed by atoms with Crippen molar-refractivity contribution in [3.8, 4) is 0 Å². The topological polar surface area (TPSA) is 49.8 Å². The van der Waals surface area contributed by atoms with Crippen molar-refractivity contribution >= 4 is 6.09 Å². The first kappa shape index (κ1) is 17.3. The maximum atomic E-state index is 12.0. The molecule has 1 amide bonds. The van der Waals surface area contributed by atoms with E-state index in [-0.39, 0.29) is 23.5 Å². The Bertz CT molecular complexity index is 328. The molecule has 4 nitrogen and oxygen atoms in total. The molecule has 2 unspecified atom stereocenters. The van der Waals surface area contributed by atoms with Gasteiger partial charge in [-0.1, -0.05) is 20.8 Å². The lowest BCUT2D eigenvalue weighted by Crippen LogP contribution is -2.36. The second-order valence-electron chi connectivity index (χ2n) is 8.14. The van der Waals surface area contributed by atoms with Gasteiger partial charge < -0.3 is 14.7 Å². The van der Waals surface area contributed by atoms with Crippen molar-refractivity contribution in [2.24, 2.45) is 11.3 Å². The number of nitrogens with zero attached hydrogens (tertiary/aromatic N) is 1. The van der Waals surface area contributed by atoms with Gasteiger partial charge in [-0.05, 0) is 45.4 Å². The molecule has 20 heavy (non-hydrogen) atoms. The molecule has 1 saturated heterocycles. The van der Waals surface area contributed by atoms with Crippen molar-refractivity contribution in [1.82, 2.24) is 4.90 Å². The predicted molar refractivity (Wildman–Crippen MR) is 80.6 cm³/mol. The first-order chi connectivity index (χ1) is 8.98. The van der Waals surface area contributed by atoms with E-state index in [1.807, 2.05) is 20.8 Å². The van der Waals surface area contributed by atoms with E-state index >= 15 is 0 Å². The molecule has 1 N–H and O–H groups in total. The summed E-state index contributed by atoms with van der Waals surface area (Å²) in [6, 6.07) is 0. The molecule has 0 spiro atoms. The molecule has 0 aromatic rings. The Morgan fingerprint density at radius 3 is 2.40 bits per heavy atom. The van der Waals surface area contributed by atoms with Crippen LogP contribution < -0.4 is 0 Å². The fourth-order valence-electron chi connectivity index (χ4n) is 2.41. The van der Waals surface area contributed by atoms with Gasteiger partial charge in [0.05, 0.1) is 6.10 Å². The van der Waals surface area contributed by atoms with Crippen LogP contribution in [0.5, 0.6) is 0 Å². The van der Waals surface area contributed by atoms with Crippen molar-refractivity contribution in [3.63, 3.8) is 0 Å². The second-order valence-corrected chi connectivity index (χ2v) is 8.14. The zero-order valence-corrected chi connectivity index (χ0v) is 13.9. The average molecular weight is 285 g/mol. The number of aliphatic hydroxyl groups excluding tert-OH is 1. The van der Waals surface area contributed by atoms with Gasteiger partial charge in [0.1, 0.15) is 5.60 Å². The lowest BCUT2D eigenvalue weighted by Gasteiger charge is -2.26. The molecule has 1 aliphatic heterocycles. The zero-order chi connectivity index (χ0) is 15.6. The summed E-state index contributed by atoms with van der Waals surface area (Å²) in [7, 11) is 0. The van der Waals surface area contributed by atoms with Crippen LogP contribution in [0.25, 0.3) is 0 Å². The SMILES string of the molecule is CC(C)(C)CCC(O)C1CCN(C(=O)OC(C)(C)C)C1. The van der Waals surface area contributed by atoms with Crippen LogP contribution in [0.4, 0.5) is 4.79 Å². The first-order valence-electron chi connectivity index (χ1n) is 7.64. The van der Waals surface area contributed by atoms with E-state index in [4.69, 9.17) is 4.74 Å². The minimum Gasteiger partial charge on any atom is -0.444 e. The van der Waals surface area contributed by atoms with Crippen LogP contribution in [0, 0.1) is 11.3 Å². The molecule has 1 rings (SSSR count). The summed E-state index contributed by atoms with van der Waals surface area (Å²) >= 11 is 0. The second kappa shape index (κ2) is 6.33. The number of ether oxygens (including phenoxy) is 1. The molecular formula is C16H31NO3. The number of hydrogen-bond donors (Lipinski definition) is 1. The molecule has 0 aliphatic carbocycles. The van der Waals surface area contributed by atoms with E-state index in [9.17, 15) is 9.90 Å². The summed E-state index contributed by atoms with van der Waals surface area (Å²) in [6.07, 6.45) is 2.09. The summed E-state index contributed by atoms with van der Waals surface area (Å²) in [5, 5.41) is 10.3. The number of aliphatic hydroxyl groups is 1. The highest BCUT2D eigenvalue weighted by Gasteiger charge is 2.33. The molecule has 1 fully saturated rings. The average Bonchev–Trinajstić information content (AvgIpc) is 2.71. The van der Waals surface area contributed by atoms with Gasteiger partial charge in [-0.3, -0.25) is 0 Å². The van der Waals surface area contributed by atoms with Gasteiger partial charge in [0.25, 0.3) is 0 Å². The van der Waals surface area contributed by atoms with E-state index < -0.39 is 5.60 Å². The molecule has 4 heteroatoms. The monoisotopic (exact) mass is 285 g/mol. The van der Waals surface area contributed by atoms with E-state index in [1.165, 1.54) is 0 Å². The highest BCUT2D eigenvalue weighted by atomic mass is 16.6. The number of rotatable bonds is 3. The normalized spacial score (nSPS) is 21.9. The van der Waals surface area contributed by atoms with Crippen LogP contribution in [-0.2, 0) is 4.74 Å². The number of likely N-dealkylation sites (tertiary alicyclic amines) is 1. The van der Waals surface area contributed by atoms with Gasteiger partial charge in [-0.15, -0.1) is 0 Å². The van der Waals surface area contributed by atoms with Gasteiger partial charge >= 0.3 is 6.09 Å². The molecule has 118 valence electrons. The van der Waals surface area contributed by atoms with Gasteiger partial charge in [0.15, 0.2) is 0 Å². The third-order valence-corrected chi connectivity index (χ3v) is 3.61. The summed E-state index contributed by atoms with van der Waals surface area (Å²) in [4.78, 5) is 13.7. The molecule has 1 heterocycles. The van der Waals surface area contributed by atoms with Crippen LogP contribution in [0.2, 0.25) is 0 Å². The smallest absolute Gasteiger partial charge is 0.410 e. The van der Waals surface area contributed by atoms with Crippen LogP contribution in [0.3, 0.4) is 0 Å². The molecule has 0 aromatic heterocycles. The van der Waals surface area contributed by atoms with E-state index in [0.717, 1.165) is 19.3 Å². The number of amides is 1.